The lowest BCUT2D eigenvalue weighted by molar-refractivity contribution is 0.0929. The van der Waals surface area contributed by atoms with Gasteiger partial charge in [-0.3, -0.25) is 9.78 Å². The topological polar surface area (TPSA) is 64.1 Å². The fourth-order valence-corrected chi connectivity index (χ4v) is 3.60. The summed E-state index contributed by atoms with van der Waals surface area (Å²) in [7, 11) is 0. The van der Waals surface area contributed by atoms with E-state index in [1.54, 1.807) is 23.8 Å². The first-order chi connectivity index (χ1) is 12.6. The molecule has 0 bridgehead atoms. The van der Waals surface area contributed by atoms with E-state index in [0.717, 1.165) is 16.1 Å². The third-order valence-corrected chi connectivity index (χ3v) is 4.95. The van der Waals surface area contributed by atoms with Gasteiger partial charge in [0.2, 0.25) is 0 Å². The van der Waals surface area contributed by atoms with Gasteiger partial charge in [-0.2, -0.15) is 0 Å². The average molecular weight is 369 g/mol. The van der Waals surface area contributed by atoms with Crippen LogP contribution in [0.3, 0.4) is 0 Å². The second kappa shape index (κ2) is 6.84. The molecule has 0 aliphatic carbocycles. The summed E-state index contributed by atoms with van der Waals surface area (Å²) in [6, 6.07) is 6.61. The Labute approximate surface area is 153 Å². The molecule has 0 saturated carbocycles. The van der Waals surface area contributed by atoms with Crippen LogP contribution in [0.5, 0.6) is 5.75 Å². The van der Waals surface area contributed by atoms with E-state index in [1.807, 2.05) is 13.0 Å². The Morgan fingerprint density at radius 2 is 2.35 bits per heavy atom. The van der Waals surface area contributed by atoms with Crippen molar-refractivity contribution < 1.29 is 13.9 Å². The van der Waals surface area contributed by atoms with Crippen molar-refractivity contribution in [3.05, 3.63) is 64.1 Å². The number of pyridine rings is 1. The summed E-state index contributed by atoms with van der Waals surface area (Å²) in [5.41, 5.74) is 2.68. The first kappa shape index (κ1) is 16.7. The van der Waals surface area contributed by atoms with Crippen molar-refractivity contribution in [2.45, 2.75) is 19.4 Å². The molecule has 1 aliphatic rings. The number of amides is 1. The van der Waals surface area contributed by atoms with Crippen LogP contribution < -0.4 is 10.1 Å². The van der Waals surface area contributed by atoms with E-state index in [2.05, 4.69) is 15.3 Å². The zero-order valence-corrected chi connectivity index (χ0v) is 14.8. The maximum atomic E-state index is 14.0. The van der Waals surface area contributed by atoms with Gasteiger partial charge in [0.15, 0.2) is 0 Å². The van der Waals surface area contributed by atoms with Crippen LogP contribution >= 0.6 is 11.3 Å². The number of benzene rings is 1. The lowest BCUT2D eigenvalue weighted by Crippen LogP contribution is -2.34. The van der Waals surface area contributed by atoms with Crippen LogP contribution in [0.1, 0.15) is 21.1 Å². The summed E-state index contributed by atoms with van der Waals surface area (Å²) in [5.74, 6) is 0.115. The van der Waals surface area contributed by atoms with Crippen LogP contribution in [0.2, 0.25) is 0 Å². The number of nitrogens with zero attached hydrogens (tertiary/aromatic N) is 2. The minimum absolute atomic E-state index is 0.229. The Kier molecular flexibility index (Phi) is 4.38. The molecule has 7 heteroatoms. The number of rotatable bonds is 4. The number of aryl methyl sites for hydroxylation is 1. The van der Waals surface area contributed by atoms with Crippen molar-refractivity contribution in [3.63, 3.8) is 0 Å². The highest BCUT2D eigenvalue weighted by molar-refractivity contribution is 7.09. The van der Waals surface area contributed by atoms with Gasteiger partial charge < -0.3 is 10.1 Å². The van der Waals surface area contributed by atoms with Crippen LogP contribution in [-0.4, -0.2) is 28.5 Å². The SMILES string of the molecule is Cc1nc(C(=O)NCC2Cc3cc(F)cc(-c4cccnc4)c3O2)cs1. The zero-order valence-electron chi connectivity index (χ0n) is 14.0. The monoisotopic (exact) mass is 369 g/mol. The molecule has 0 fully saturated rings. The molecule has 5 nitrogen and oxygen atoms in total. The van der Waals surface area contributed by atoms with Gasteiger partial charge in [0.25, 0.3) is 5.91 Å². The highest BCUT2D eigenvalue weighted by Gasteiger charge is 2.27. The molecule has 0 saturated heterocycles. The van der Waals surface area contributed by atoms with Crippen molar-refractivity contribution in [2.24, 2.45) is 0 Å². The Morgan fingerprint density at radius 3 is 3.08 bits per heavy atom. The van der Waals surface area contributed by atoms with Gasteiger partial charge in [-0.05, 0) is 25.1 Å². The third kappa shape index (κ3) is 3.30. The molecule has 1 aliphatic heterocycles. The number of ether oxygens (including phenoxy) is 1. The maximum Gasteiger partial charge on any atom is 0.270 e. The van der Waals surface area contributed by atoms with Crippen molar-refractivity contribution in [1.29, 1.82) is 0 Å². The van der Waals surface area contributed by atoms with Crippen molar-refractivity contribution in [1.82, 2.24) is 15.3 Å². The quantitative estimate of drug-likeness (QED) is 0.766. The number of thiazole rings is 1. The van der Waals surface area contributed by atoms with Crippen LogP contribution in [-0.2, 0) is 6.42 Å². The van der Waals surface area contributed by atoms with E-state index in [9.17, 15) is 9.18 Å². The number of carbonyl (C=O) groups is 1. The summed E-state index contributed by atoms with van der Waals surface area (Å²) >= 11 is 1.43. The largest absolute Gasteiger partial charge is 0.487 e. The molecule has 1 N–H and O–H groups in total. The molecule has 0 spiro atoms. The van der Waals surface area contributed by atoms with Gasteiger partial charge in [0.05, 0.1) is 11.6 Å². The third-order valence-electron chi connectivity index (χ3n) is 4.18. The van der Waals surface area contributed by atoms with E-state index >= 15 is 0 Å². The van der Waals surface area contributed by atoms with E-state index in [0.29, 0.717) is 30.0 Å². The molecule has 0 radical (unpaired) electrons. The van der Waals surface area contributed by atoms with Gasteiger partial charge in [0, 0.05) is 40.9 Å². The van der Waals surface area contributed by atoms with Gasteiger partial charge in [-0.1, -0.05) is 6.07 Å². The van der Waals surface area contributed by atoms with Crippen LogP contribution in [0.15, 0.2) is 42.0 Å². The highest BCUT2D eigenvalue weighted by Crippen LogP contribution is 2.39. The standard InChI is InChI=1S/C19H16FN3O2S/c1-11-23-17(10-26-11)19(24)22-9-15-6-13-5-14(20)7-16(18(13)25-15)12-3-2-4-21-8-12/h2-5,7-8,10,15H,6,9H2,1H3,(H,22,24). The predicted octanol–water partition coefficient (Wildman–Crippen LogP) is 3.39. The van der Waals surface area contributed by atoms with E-state index < -0.39 is 0 Å². The summed E-state index contributed by atoms with van der Waals surface area (Å²) in [6.45, 7) is 2.19. The number of nitrogens with one attached hydrogen (secondary N) is 1. The van der Waals surface area contributed by atoms with Crippen molar-refractivity contribution in [3.8, 4) is 16.9 Å². The second-order valence-electron chi connectivity index (χ2n) is 6.09. The molecule has 2 aromatic heterocycles. The fraction of sp³-hybridized carbons (Fsp3) is 0.211. The summed E-state index contributed by atoms with van der Waals surface area (Å²) in [5, 5.41) is 5.41. The Morgan fingerprint density at radius 1 is 1.46 bits per heavy atom. The molecule has 1 atom stereocenters. The average Bonchev–Trinajstić information content (AvgIpc) is 3.25. The smallest absolute Gasteiger partial charge is 0.270 e. The summed E-state index contributed by atoms with van der Waals surface area (Å²) in [4.78, 5) is 20.4. The molecular weight excluding hydrogens is 353 g/mol. The zero-order chi connectivity index (χ0) is 18.1. The number of hydrogen-bond donors (Lipinski definition) is 1. The lowest BCUT2D eigenvalue weighted by atomic mass is 10.0. The number of halogens is 1. The number of fused-ring (bicyclic) bond motifs is 1. The normalized spacial score (nSPS) is 15.4. The predicted molar refractivity (Wildman–Crippen MR) is 96.9 cm³/mol. The molecule has 3 aromatic rings. The van der Waals surface area contributed by atoms with Gasteiger partial charge in [-0.15, -0.1) is 11.3 Å². The first-order valence-electron chi connectivity index (χ1n) is 8.20. The molecule has 3 heterocycles. The van der Waals surface area contributed by atoms with E-state index in [-0.39, 0.29) is 17.8 Å². The Balaban J connectivity index is 1.49. The summed E-state index contributed by atoms with van der Waals surface area (Å²) < 4.78 is 20.0. The summed E-state index contributed by atoms with van der Waals surface area (Å²) in [6.07, 6.45) is 3.64. The second-order valence-corrected chi connectivity index (χ2v) is 7.15. The molecular formula is C19H16FN3O2S. The number of aromatic nitrogens is 2. The Hall–Kier alpha value is -2.80. The van der Waals surface area contributed by atoms with Crippen molar-refractivity contribution in [2.75, 3.05) is 6.54 Å². The Bertz CT molecular complexity index is 959. The van der Waals surface area contributed by atoms with Crippen LogP contribution in [0.4, 0.5) is 4.39 Å². The van der Waals surface area contributed by atoms with Crippen LogP contribution in [0.25, 0.3) is 11.1 Å². The van der Waals surface area contributed by atoms with Crippen LogP contribution in [0, 0.1) is 12.7 Å². The molecule has 1 unspecified atom stereocenters. The fourth-order valence-electron chi connectivity index (χ4n) is 3.01. The molecule has 132 valence electrons. The molecule has 4 rings (SSSR count). The first-order valence-corrected chi connectivity index (χ1v) is 9.08. The van der Waals surface area contributed by atoms with Gasteiger partial charge in [0.1, 0.15) is 23.4 Å². The number of hydrogen-bond acceptors (Lipinski definition) is 5. The molecule has 1 aromatic carbocycles. The molecule has 26 heavy (non-hydrogen) atoms. The highest BCUT2D eigenvalue weighted by atomic mass is 32.1. The van der Waals surface area contributed by atoms with Crippen molar-refractivity contribution >= 4 is 17.2 Å². The van der Waals surface area contributed by atoms with Gasteiger partial charge in [-0.25, -0.2) is 9.37 Å². The number of carbonyl (C=O) groups excluding carboxylic acids is 1. The minimum Gasteiger partial charge on any atom is -0.487 e. The minimum atomic E-state index is -0.311. The van der Waals surface area contributed by atoms with Gasteiger partial charge >= 0.3 is 0 Å². The van der Waals surface area contributed by atoms with E-state index in [1.165, 1.54) is 23.5 Å². The molecule has 1 amide bonds. The van der Waals surface area contributed by atoms with E-state index in [4.69, 9.17) is 4.74 Å². The lowest BCUT2D eigenvalue weighted by Gasteiger charge is -2.13. The maximum absolute atomic E-state index is 14.0.